The lowest BCUT2D eigenvalue weighted by atomic mass is 9.87. The van der Waals surface area contributed by atoms with Crippen LogP contribution in [0.2, 0.25) is 0 Å². The van der Waals surface area contributed by atoms with E-state index in [1.807, 2.05) is 36.4 Å². The smallest absolute Gasteiger partial charge is 0.222 e. The fourth-order valence-corrected chi connectivity index (χ4v) is 4.40. The van der Waals surface area contributed by atoms with Crippen LogP contribution in [0.15, 0.2) is 72.8 Å². The fraction of sp³-hybridized carbons (Fsp3) is 0.312. The summed E-state index contributed by atoms with van der Waals surface area (Å²) < 4.78 is 6.00. The maximum atomic E-state index is 11.7. The zero-order chi connectivity index (χ0) is 26.6. The minimum absolute atomic E-state index is 0.191. The number of hydrogen-bond acceptors (Lipinski definition) is 4. The average Bonchev–Trinajstić information content (AvgIpc) is 2.92. The molecule has 3 N–H and O–H groups in total. The van der Waals surface area contributed by atoms with E-state index in [0.29, 0.717) is 24.3 Å². The summed E-state index contributed by atoms with van der Waals surface area (Å²) in [5.41, 5.74) is 13.1. The summed E-state index contributed by atoms with van der Waals surface area (Å²) in [7, 11) is 3.60. The number of amides is 1. The van der Waals surface area contributed by atoms with Crippen LogP contribution in [-0.4, -0.2) is 37.7 Å². The number of hydrogen-bond donors (Lipinski definition) is 2. The van der Waals surface area contributed by atoms with Crippen molar-refractivity contribution in [3.63, 3.8) is 0 Å². The van der Waals surface area contributed by atoms with Gasteiger partial charge in [0.05, 0.1) is 6.61 Å². The van der Waals surface area contributed by atoms with Crippen molar-refractivity contribution in [2.24, 2.45) is 0 Å². The quantitative estimate of drug-likeness (QED) is 0.115. The van der Waals surface area contributed by atoms with Crippen LogP contribution in [0.25, 0.3) is 11.1 Å². The average molecular weight is 498 g/mol. The molecule has 0 heterocycles. The molecule has 1 amide bonds. The Kier molecular flexibility index (Phi) is 10.5. The molecule has 3 rings (SSSR count). The second-order valence-corrected chi connectivity index (χ2v) is 9.39. The molecule has 0 unspecified atom stereocenters. The Morgan fingerprint density at radius 3 is 2.22 bits per heavy atom. The lowest BCUT2D eigenvalue weighted by molar-refractivity contribution is -0.128. The predicted octanol–water partition coefficient (Wildman–Crippen LogP) is 7.05. The highest BCUT2D eigenvalue weighted by atomic mass is 16.5. The number of nitrogens with two attached hydrogens (primary N) is 1. The van der Waals surface area contributed by atoms with Gasteiger partial charge in [-0.05, 0) is 71.4 Å². The predicted molar refractivity (Wildman–Crippen MR) is 155 cm³/mol. The van der Waals surface area contributed by atoms with E-state index in [1.165, 1.54) is 17.4 Å². The van der Waals surface area contributed by atoms with E-state index in [2.05, 4.69) is 43.3 Å². The van der Waals surface area contributed by atoms with Gasteiger partial charge in [-0.3, -0.25) is 4.79 Å². The standard InChI is InChI=1S/C32H39N3O2/c1-4-29(24-12-8-7-9-13-24)32(26-17-20-30(34)27(22-26)23-33)25-15-18-28(19-16-25)37-21-11-6-5-10-14-31(36)35(2)3/h7-9,12-13,15-20,22-23,33H,4-6,10-11,14,21,34H2,1-3H3/b32-29+,33-23?. The van der Waals surface area contributed by atoms with Gasteiger partial charge >= 0.3 is 0 Å². The molecule has 0 radical (unpaired) electrons. The van der Waals surface area contributed by atoms with E-state index >= 15 is 0 Å². The Labute approximate surface area is 221 Å². The van der Waals surface area contributed by atoms with Gasteiger partial charge in [0.25, 0.3) is 0 Å². The van der Waals surface area contributed by atoms with Crippen LogP contribution in [0.4, 0.5) is 5.69 Å². The second-order valence-electron chi connectivity index (χ2n) is 9.39. The number of benzene rings is 3. The topological polar surface area (TPSA) is 79.4 Å². The SMILES string of the molecule is CC/C(=C(/c1ccc(OCCCCCCC(=O)N(C)C)cc1)c1ccc(N)c(C=N)c1)c1ccccc1. The van der Waals surface area contributed by atoms with Gasteiger partial charge in [0, 0.05) is 38.0 Å². The number of ether oxygens (including phenoxy) is 1. The summed E-state index contributed by atoms with van der Waals surface area (Å²) in [4.78, 5) is 13.3. The molecule has 0 saturated carbocycles. The highest BCUT2D eigenvalue weighted by molar-refractivity contribution is 6.00. The Bertz CT molecular complexity index is 1200. The van der Waals surface area contributed by atoms with Crippen molar-refractivity contribution in [2.45, 2.75) is 45.4 Å². The summed E-state index contributed by atoms with van der Waals surface area (Å²) in [6.07, 6.45) is 6.76. The number of unbranched alkanes of at least 4 members (excludes halogenated alkanes) is 3. The molecule has 0 saturated heterocycles. The number of allylic oxidation sites excluding steroid dienone is 1. The van der Waals surface area contributed by atoms with Crippen LogP contribution in [0, 0.1) is 5.41 Å². The highest BCUT2D eigenvalue weighted by Crippen LogP contribution is 2.36. The van der Waals surface area contributed by atoms with Crippen molar-refractivity contribution in [1.82, 2.24) is 4.90 Å². The molecule has 0 aliphatic rings. The number of nitrogens with one attached hydrogen (secondary N) is 1. The molecular weight excluding hydrogens is 458 g/mol. The summed E-state index contributed by atoms with van der Waals surface area (Å²) in [5.74, 6) is 1.04. The molecule has 5 nitrogen and oxygen atoms in total. The zero-order valence-electron chi connectivity index (χ0n) is 22.3. The fourth-order valence-electron chi connectivity index (χ4n) is 4.40. The first-order valence-corrected chi connectivity index (χ1v) is 13.1. The molecule has 0 spiro atoms. The van der Waals surface area contributed by atoms with Crippen LogP contribution in [0.5, 0.6) is 5.75 Å². The van der Waals surface area contributed by atoms with Crippen molar-refractivity contribution >= 4 is 29.0 Å². The first-order valence-electron chi connectivity index (χ1n) is 13.1. The summed E-state index contributed by atoms with van der Waals surface area (Å²) in [6, 6.07) is 24.6. The van der Waals surface area contributed by atoms with Crippen LogP contribution in [-0.2, 0) is 4.79 Å². The van der Waals surface area contributed by atoms with E-state index in [-0.39, 0.29) is 5.91 Å². The van der Waals surface area contributed by atoms with E-state index < -0.39 is 0 Å². The lowest BCUT2D eigenvalue weighted by Gasteiger charge is -2.18. The minimum atomic E-state index is 0.191. The van der Waals surface area contributed by atoms with E-state index in [4.69, 9.17) is 15.9 Å². The lowest BCUT2D eigenvalue weighted by Crippen LogP contribution is -2.20. The number of carbonyl (C=O) groups is 1. The maximum absolute atomic E-state index is 11.7. The van der Waals surface area contributed by atoms with Gasteiger partial charge in [-0.25, -0.2) is 0 Å². The van der Waals surface area contributed by atoms with Gasteiger partial charge < -0.3 is 20.8 Å². The number of carbonyl (C=O) groups excluding carboxylic acids is 1. The third kappa shape index (κ3) is 7.81. The van der Waals surface area contributed by atoms with Crippen LogP contribution >= 0.6 is 0 Å². The zero-order valence-corrected chi connectivity index (χ0v) is 22.3. The van der Waals surface area contributed by atoms with Crippen molar-refractivity contribution in [3.05, 3.63) is 95.1 Å². The van der Waals surface area contributed by atoms with E-state index in [1.54, 1.807) is 19.0 Å². The van der Waals surface area contributed by atoms with Crippen molar-refractivity contribution in [3.8, 4) is 5.75 Å². The van der Waals surface area contributed by atoms with Gasteiger partial charge in [-0.1, -0.05) is 68.3 Å². The monoisotopic (exact) mass is 497 g/mol. The van der Waals surface area contributed by atoms with Crippen molar-refractivity contribution < 1.29 is 9.53 Å². The molecule has 5 heteroatoms. The van der Waals surface area contributed by atoms with Gasteiger partial charge in [0.15, 0.2) is 0 Å². The van der Waals surface area contributed by atoms with Gasteiger partial charge in [-0.15, -0.1) is 0 Å². The van der Waals surface area contributed by atoms with Crippen LogP contribution < -0.4 is 10.5 Å². The van der Waals surface area contributed by atoms with Crippen LogP contribution in [0.3, 0.4) is 0 Å². The molecule has 37 heavy (non-hydrogen) atoms. The second kappa shape index (κ2) is 14.0. The first kappa shape index (κ1) is 27.7. The van der Waals surface area contributed by atoms with E-state index in [9.17, 15) is 4.79 Å². The number of nitrogen functional groups attached to an aromatic ring is 1. The normalized spacial score (nSPS) is 11.5. The van der Waals surface area contributed by atoms with Crippen molar-refractivity contribution in [1.29, 1.82) is 5.41 Å². The molecule has 0 aliphatic heterocycles. The third-order valence-electron chi connectivity index (χ3n) is 6.50. The highest BCUT2D eigenvalue weighted by Gasteiger charge is 2.14. The number of rotatable bonds is 13. The number of nitrogens with zero attached hydrogens (tertiary/aromatic N) is 1. The molecule has 0 bridgehead atoms. The largest absolute Gasteiger partial charge is 0.494 e. The van der Waals surface area contributed by atoms with E-state index in [0.717, 1.165) is 54.6 Å². The summed E-state index contributed by atoms with van der Waals surface area (Å²) in [5, 5.41) is 7.77. The maximum Gasteiger partial charge on any atom is 0.222 e. The summed E-state index contributed by atoms with van der Waals surface area (Å²) >= 11 is 0. The van der Waals surface area contributed by atoms with Gasteiger partial charge in [0.2, 0.25) is 5.91 Å². The van der Waals surface area contributed by atoms with Crippen LogP contribution in [0.1, 0.15) is 67.7 Å². The Balaban J connectivity index is 1.75. The molecule has 0 atom stereocenters. The molecule has 3 aromatic carbocycles. The Hall–Kier alpha value is -3.86. The number of anilines is 1. The van der Waals surface area contributed by atoms with Crippen molar-refractivity contribution in [2.75, 3.05) is 26.4 Å². The molecule has 0 aromatic heterocycles. The van der Waals surface area contributed by atoms with Gasteiger partial charge in [0.1, 0.15) is 5.75 Å². The minimum Gasteiger partial charge on any atom is -0.494 e. The molecule has 0 fully saturated rings. The molecule has 3 aromatic rings. The molecular formula is C32H39N3O2. The Morgan fingerprint density at radius 1 is 0.892 bits per heavy atom. The van der Waals surface area contributed by atoms with Gasteiger partial charge in [-0.2, -0.15) is 0 Å². The molecule has 0 aliphatic carbocycles. The molecule has 194 valence electrons. The first-order chi connectivity index (χ1) is 17.9. The summed E-state index contributed by atoms with van der Waals surface area (Å²) in [6.45, 7) is 2.83. The third-order valence-corrected chi connectivity index (χ3v) is 6.50. The Morgan fingerprint density at radius 2 is 1.57 bits per heavy atom.